The predicted octanol–water partition coefficient (Wildman–Crippen LogP) is 2.72. The molecule has 2 aliphatic carbocycles. The summed E-state index contributed by atoms with van der Waals surface area (Å²) in [6.07, 6.45) is 6.10. The van der Waals surface area contributed by atoms with Crippen LogP contribution >= 0.6 is 0 Å². The van der Waals surface area contributed by atoms with E-state index in [0.717, 1.165) is 12.8 Å². The Kier molecular flexibility index (Phi) is 10.1. The second kappa shape index (κ2) is 14.1. The fourth-order valence-electron chi connectivity index (χ4n) is 7.11. The number of fused-ring (bicyclic) bond motifs is 3. The molecule has 278 valence electrons. The van der Waals surface area contributed by atoms with Gasteiger partial charge in [-0.25, -0.2) is 22.4 Å². The van der Waals surface area contributed by atoms with Crippen LogP contribution in [0.1, 0.15) is 89.7 Å². The van der Waals surface area contributed by atoms with Crippen LogP contribution in [0.5, 0.6) is 0 Å². The van der Waals surface area contributed by atoms with Gasteiger partial charge in [-0.2, -0.15) is 0 Å². The standard InChI is InChI=1S/C35H47FN6O8S/c1-34(2,3)39-32(46)37-27-13-8-6-4-5-7-11-22-17-35(22,31(45)40-51(48,49)24-14-15-24)38-29(43)28-16-23(19-42(28)30(27)44)50-33(47)41-18-21-10-9-12-26(36)25(21)20-41/h7,9-12,22-24,27-28H,4-6,8,13-20H2,1-3H3,(H,38,43)(H,40,45)(H2,37,39,46)/t22-,23-,27+,28?,35-/m1/s1. The summed E-state index contributed by atoms with van der Waals surface area (Å²) in [5, 5.41) is 7.72. The van der Waals surface area contributed by atoms with E-state index in [4.69, 9.17) is 4.74 Å². The van der Waals surface area contributed by atoms with Crippen LogP contribution in [0.25, 0.3) is 0 Å². The molecule has 1 aromatic rings. The number of halogens is 1. The van der Waals surface area contributed by atoms with Gasteiger partial charge in [-0.1, -0.05) is 37.1 Å². The Morgan fingerprint density at radius 2 is 1.82 bits per heavy atom. The van der Waals surface area contributed by atoms with Gasteiger partial charge in [0.1, 0.15) is 29.5 Å². The lowest BCUT2D eigenvalue weighted by Crippen LogP contribution is -2.59. The van der Waals surface area contributed by atoms with Crippen molar-refractivity contribution < 1.29 is 41.5 Å². The minimum Gasteiger partial charge on any atom is -0.444 e. The largest absolute Gasteiger partial charge is 0.444 e. The molecule has 0 bridgehead atoms. The van der Waals surface area contributed by atoms with E-state index >= 15 is 0 Å². The molecule has 0 aromatic heterocycles. The molecule has 0 spiro atoms. The SMILES string of the molecule is CC(C)(C)NC(=O)N[C@H]1CCCCCC=C[C@@H]2C[C@@]2(C(=O)NS(=O)(=O)C2CC2)NC(=O)C2C[C@@H](OC(=O)N3Cc4cccc(F)c4C3)CN2C1=O. The molecule has 1 unspecified atom stereocenters. The van der Waals surface area contributed by atoms with Gasteiger partial charge in [0.25, 0.3) is 5.91 Å². The van der Waals surface area contributed by atoms with Crippen LogP contribution in [0.4, 0.5) is 14.0 Å². The number of ether oxygens (including phenoxy) is 1. The van der Waals surface area contributed by atoms with Gasteiger partial charge in [0.15, 0.2) is 0 Å². The van der Waals surface area contributed by atoms with Crippen molar-refractivity contribution in [1.82, 2.24) is 30.5 Å². The van der Waals surface area contributed by atoms with Crippen molar-refractivity contribution in [1.29, 1.82) is 0 Å². The monoisotopic (exact) mass is 730 g/mol. The number of rotatable bonds is 5. The normalized spacial score (nSPS) is 28.3. The number of benzene rings is 1. The number of hydrogen-bond donors (Lipinski definition) is 4. The maximum absolute atomic E-state index is 14.4. The number of amides is 6. The Balaban J connectivity index is 1.25. The quantitative estimate of drug-likeness (QED) is 0.334. The lowest BCUT2D eigenvalue weighted by molar-refractivity contribution is -0.141. The summed E-state index contributed by atoms with van der Waals surface area (Å²) in [6, 6.07) is 1.84. The van der Waals surface area contributed by atoms with Crippen LogP contribution in [-0.4, -0.2) is 89.1 Å². The molecule has 51 heavy (non-hydrogen) atoms. The number of nitrogens with zero attached hydrogens (tertiary/aromatic N) is 2. The van der Waals surface area contributed by atoms with Crippen LogP contribution in [0.3, 0.4) is 0 Å². The number of sulfonamides is 1. The van der Waals surface area contributed by atoms with E-state index < -0.39 is 86.1 Å². The van der Waals surface area contributed by atoms with Crippen molar-refractivity contribution in [2.75, 3.05) is 6.54 Å². The maximum atomic E-state index is 14.4. The zero-order valence-corrected chi connectivity index (χ0v) is 30.0. The highest BCUT2D eigenvalue weighted by atomic mass is 32.2. The van der Waals surface area contributed by atoms with E-state index in [9.17, 15) is 36.8 Å². The first-order valence-corrected chi connectivity index (χ1v) is 19.3. The first kappa shape index (κ1) is 36.6. The number of allylic oxidation sites excluding steroid dienone is 1. The maximum Gasteiger partial charge on any atom is 0.410 e. The minimum absolute atomic E-state index is 0.00526. The number of hydrogen-bond acceptors (Lipinski definition) is 8. The average Bonchev–Trinajstić information content (AvgIpc) is 3.93. The highest BCUT2D eigenvalue weighted by Gasteiger charge is 2.62. The van der Waals surface area contributed by atoms with Gasteiger partial charge in [0.2, 0.25) is 21.8 Å². The Morgan fingerprint density at radius 1 is 1.06 bits per heavy atom. The molecule has 5 atom stereocenters. The number of carbonyl (C=O) groups excluding carboxylic acids is 5. The van der Waals surface area contributed by atoms with Crippen molar-refractivity contribution in [3.8, 4) is 0 Å². The van der Waals surface area contributed by atoms with Crippen molar-refractivity contribution in [2.45, 2.75) is 126 Å². The van der Waals surface area contributed by atoms with Gasteiger partial charge in [0, 0.05) is 30.0 Å². The average molecular weight is 731 g/mol. The van der Waals surface area contributed by atoms with E-state index in [0.29, 0.717) is 43.2 Å². The van der Waals surface area contributed by atoms with Gasteiger partial charge >= 0.3 is 12.1 Å². The fraction of sp³-hybridized carbons (Fsp3) is 0.629. The summed E-state index contributed by atoms with van der Waals surface area (Å²) in [7, 11) is -3.91. The molecule has 16 heteroatoms. The lowest BCUT2D eigenvalue weighted by Gasteiger charge is -2.30. The molecular formula is C35H47FN6O8S. The molecule has 1 saturated heterocycles. The summed E-state index contributed by atoms with van der Waals surface area (Å²) in [4.78, 5) is 71.0. The van der Waals surface area contributed by atoms with Crippen LogP contribution in [0, 0.1) is 11.7 Å². The minimum atomic E-state index is -3.91. The van der Waals surface area contributed by atoms with Gasteiger partial charge in [-0.15, -0.1) is 0 Å². The Bertz CT molecular complexity index is 1730. The summed E-state index contributed by atoms with van der Waals surface area (Å²) >= 11 is 0. The van der Waals surface area contributed by atoms with Crippen LogP contribution < -0.4 is 20.7 Å². The smallest absolute Gasteiger partial charge is 0.410 e. The van der Waals surface area contributed by atoms with Crippen LogP contribution in [0.2, 0.25) is 0 Å². The molecule has 3 aliphatic heterocycles. The highest BCUT2D eigenvalue weighted by molar-refractivity contribution is 7.91. The Labute approximate surface area is 297 Å². The topological polar surface area (TPSA) is 183 Å². The van der Waals surface area contributed by atoms with E-state index in [-0.39, 0.29) is 32.5 Å². The number of nitrogens with one attached hydrogen (secondary N) is 4. The summed E-state index contributed by atoms with van der Waals surface area (Å²) in [5.41, 5.74) is -1.08. The number of urea groups is 1. The van der Waals surface area contributed by atoms with E-state index in [1.807, 2.05) is 12.2 Å². The van der Waals surface area contributed by atoms with Crippen molar-refractivity contribution in [3.05, 3.63) is 47.3 Å². The van der Waals surface area contributed by atoms with E-state index in [1.54, 1.807) is 32.9 Å². The second-order valence-corrected chi connectivity index (χ2v) is 17.4. The third kappa shape index (κ3) is 8.31. The Morgan fingerprint density at radius 3 is 2.53 bits per heavy atom. The molecule has 0 radical (unpaired) electrons. The summed E-state index contributed by atoms with van der Waals surface area (Å²) < 4.78 is 47.9. The molecule has 4 N–H and O–H groups in total. The summed E-state index contributed by atoms with van der Waals surface area (Å²) in [6.45, 7) is 5.38. The van der Waals surface area contributed by atoms with Crippen LogP contribution in [0.15, 0.2) is 30.4 Å². The third-order valence-corrected chi connectivity index (χ3v) is 11.9. The fourth-order valence-corrected chi connectivity index (χ4v) is 8.47. The zero-order valence-electron chi connectivity index (χ0n) is 29.2. The first-order chi connectivity index (χ1) is 24.1. The van der Waals surface area contributed by atoms with Crippen LogP contribution in [-0.2, 0) is 42.2 Å². The van der Waals surface area contributed by atoms with Crippen molar-refractivity contribution in [3.63, 3.8) is 0 Å². The Hall–Kier alpha value is -4.21. The van der Waals surface area contributed by atoms with E-state index in [1.165, 1.54) is 15.9 Å². The van der Waals surface area contributed by atoms with Gasteiger partial charge in [-0.05, 0) is 70.9 Å². The predicted molar refractivity (Wildman–Crippen MR) is 183 cm³/mol. The van der Waals surface area contributed by atoms with Gasteiger partial charge in [-0.3, -0.25) is 24.0 Å². The van der Waals surface area contributed by atoms with Crippen molar-refractivity contribution >= 4 is 39.9 Å². The molecule has 6 rings (SSSR count). The molecule has 1 aromatic carbocycles. The zero-order chi connectivity index (χ0) is 36.7. The molecular weight excluding hydrogens is 683 g/mol. The molecule has 2 saturated carbocycles. The van der Waals surface area contributed by atoms with Gasteiger partial charge in [0.05, 0.1) is 18.3 Å². The third-order valence-electron chi connectivity index (χ3n) is 10.1. The molecule has 6 amide bonds. The molecule has 14 nitrogen and oxygen atoms in total. The lowest BCUT2D eigenvalue weighted by atomic mass is 10.0. The molecule has 3 fully saturated rings. The molecule has 5 aliphatic rings. The second-order valence-electron chi connectivity index (χ2n) is 15.4. The van der Waals surface area contributed by atoms with Crippen molar-refractivity contribution in [2.24, 2.45) is 5.92 Å². The highest BCUT2D eigenvalue weighted by Crippen LogP contribution is 2.46. The van der Waals surface area contributed by atoms with Gasteiger partial charge < -0.3 is 25.6 Å². The number of carbonyl (C=O) groups is 5. The van der Waals surface area contributed by atoms with E-state index in [2.05, 4.69) is 20.7 Å². The molecule has 3 heterocycles. The first-order valence-electron chi connectivity index (χ1n) is 17.7. The summed E-state index contributed by atoms with van der Waals surface area (Å²) in [5.74, 6) is -2.99.